The van der Waals surface area contributed by atoms with Crippen molar-refractivity contribution in [3.63, 3.8) is 0 Å². The fourth-order valence-corrected chi connectivity index (χ4v) is 2.93. The van der Waals surface area contributed by atoms with E-state index in [1.165, 1.54) is 0 Å². The predicted molar refractivity (Wildman–Crippen MR) is 132 cm³/mol. The van der Waals surface area contributed by atoms with Crippen LogP contribution < -0.4 is 30.4 Å². The molecule has 0 aliphatic heterocycles. The third-order valence-electron chi connectivity index (χ3n) is 4.36. The maximum absolute atomic E-state index is 12.5. The first-order chi connectivity index (χ1) is 16.5. The van der Waals surface area contributed by atoms with Gasteiger partial charge >= 0.3 is 0 Å². The summed E-state index contributed by atoms with van der Waals surface area (Å²) in [7, 11) is 0. The first-order valence-electron chi connectivity index (χ1n) is 10.5. The zero-order valence-corrected chi connectivity index (χ0v) is 19.4. The summed E-state index contributed by atoms with van der Waals surface area (Å²) >= 11 is 5.06. The highest BCUT2D eigenvalue weighted by atomic mass is 32.1. The van der Waals surface area contributed by atoms with E-state index in [1.54, 1.807) is 30.3 Å². The topological polar surface area (TPSA) is 97.9 Å². The summed E-state index contributed by atoms with van der Waals surface area (Å²) in [6.45, 7) is 2.40. The van der Waals surface area contributed by atoms with E-state index in [-0.39, 0.29) is 11.7 Å². The van der Waals surface area contributed by atoms with E-state index in [0.717, 1.165) is 11.3 Å². The smallest absolute Gasteiger partial charge is 0.276 e. The number of amides is 2. The van der Waals surface area contributed by atoms with Crippen LogP contribution in [0.25, 0.3) is 0 Å². The summed E-state index contributed by atoms with van der Waals surface area (Å²) in [5, 5.41) is 2.44. The molecule has 0 atom stereocenters. The van der Waals surface area contributed by atoms with Crippen LogP contribution in [0.15, 0.2) is 78.9 Å². The van der Waals surface area contributed by atoms with Crippen molar-refractivity contribution in [3.8, 4) is 17.2 Å². The Kier molecular flexibility index (Phi) is 9.24. The molecule has 8 nitrogen and oxygen atoms in total. The number of carbonyl (C=O) groups excluding carboxylic acids is 2. The summed E-state index contributed by atoms with van der Waals surface area (Å²) in [4.78, 5) is 24.4. The highest BCUT2D eigenvalue weighted by molar-refractivity contribution is 7.80. The summed E-state index contributed by atoms with van der Waals surface area (Å²) in [5.74, 6) is 0.957. The second-order valence-corrected chi connectivity index (χ2v) is 7.51. The van der Waals surface area contributed by atoms with Gasteiger partial charge in [-0.1, -0.05) is 36.4 Å². The minimum atomic E-state index is -0.453. The quantitative estimate of drug-likeness (QED) is 0.246. The van der Waals surface area contributed by atoms with Crippen LogP contribution in [-0.2, 0) is 4.79 Å². The Labute approximate surface area is 203 Å². The van der Waals surface area contributed by atoms with Gasteiger partial charge in [-0.3, -0.25) is 25.8 Å². The number of aryl methyl sites for hydroxylation is 1. The van der Waals surface area contributed by atoms with Gasteiger partial charge in [-0.25, -0.2) is 0 Å². The molecule has 0 saturated carbocycles. The molecule has 3 aromatic rings. The van der Waals surface area contributed by atoms with Crippen LogP contribution in [0.4, 0.5) is 0 Å². The van der Waals surface area contributed by atoms with Crippen molar-refractivity contribution in [3.05, 3.63) is 90.0 Å². The van der Waals surface area contributed by atoms with Gasteiger partial charge in [0.05, 0.1) is 0 Å². The standard InChI is InChI=1S/C25H25N3O5S/c1-18-7-5-11-21(15-18)33-17-23(29)27-28-25(34)26-24(30)19-8-6-12-22(16-19)32-14-13-31-20-9-3-2-4-10-20/h2-12,15-16H,13-14,17H2,1H3,(H,27,29)(H2,26,28,30,34). The molecule has 3 rings (SSSR count). The highest BCUT2D eigenvalue weighted by Crippen LogP contribution is 2.14. The molecule has 9 heteroatoms. The Bertz CT molecular complexity index is 1120. The molecule has 0 radical (unpaired) electrons. The molecule has 0 aromatic heterocycles. The van der Waals surface area contributed by atoms with E-state index >= 15 is 0 Å². The third-order valence-corrected chi connectivity index (χ3v) is 4.57. The fraction of sp³-hybridized carbons (Fsp3) is 0.160. The Morgan fingerprint density at radius 2 is 1.41 bits per heavy atom. The average molecular weight is 480 g/mol. The number of rotatable bonds is 9. The molecular formula is C25H25N3O5S. The van der Waals surface area contributed by atoms with Crippen LogP contribution in [0.5, 0.6) is 17.2 Å². The number of carbonyl (C=O) groups is 2. The molecule has 0 aliphatic carbocycles. The van der Waals surface area contributed by atoms with Crippen LogP contribution in [0.2, 0.25) is 0 Å². The number of hydrazine groups is 1. The second kappa shape index (κ2) is 12.8. The van der Waals surface area contributed by atoms with Crippen molar-refractivity contribution in [2.24, 2.45) is 0 Å². The van der Waals surface area contributed by atoms with Gasteiger partial charge < -0.3 is 14.2 Å². The van der Waals surface area contributed by atoms with Gasteiger partial charge in [0, 0.05) is 5.56 Å². The Morgan fingerprint density at radius 1 is 0.765 bits per heavy atom. The number of hydrogen-bond acceptors (Lipinski definition) is 6. The van der Waals surface area contributed by atoms with E-state index < -0.39 is 11.8 Å². The lowest BCUT2D eigenvalue weighted by Crippen LogP contribution is -2.49. The van der Waals surface area contributed by atoms with Crippen molar-refractivity contribution in [1.29, 1.82) is 0 Å². The average Bonchev–Trinajstić information content (AvgIpc) is 2.85. The molecule has 0 spiro atoms. The Morgan fingerprint density at radius 3 is 2.15 bits per heavy atom. The van der Waals surface area contributed by atoms with Gasteiger partial charge in [0.1, 0.15) is 30.5 Å². The van der Waals surface area contributed by atoms with Gasteiger partial charge in [0.2, 0.25) is 0 Å². The van der Waals surface area contributed by atoms with Gasteiger partial charge in [-0.15, -0.1) is 0 Å². The van der Waals surface area contributed by atoms with Gasteiger partial charge in [-0.05, 0) is 67.2 Å². The molecule has 3 N–H and O–H groups in total. The van der Waals surface area contributed by atoms with Crippen LogP contribution in [0, 0.1) is 6.92 Å². The predicted octanol–water partition coefficient (Wildman–Crippen LogP) is 3.17. The van der Waals surface area contributed by atoms with Gasteiger partial charge in [0.25, 0.3) is 11.8 Å². The molecule has 0 saturated heterocycles. The molecule has 2 amide bonds. The lowest BCUT2D eigenvalue weighted by molar-refractivity contribution is -0.123. The summed E-state index contributed by atoms with van der Waals surface area (Å²) in [5.41, 5.74) is 6.22. The van der Waals surface area contributed by atoms with E-state index in [1.807, 2.05) is 55.5 Å². The van der Waals surface area contributed by atoms with Crippen LogP contribution in [0.3, 0.4) is 0 Å². The zero-order chi connectivity index (χ0) is 24.2. The number of para-hydroxylation sites is 1. The lowest BCUT2D eigenvalue weighted by Gasteiger charge is -2.12. The van der Waals surface area contributed by atoms with Crippen molar-refractivity contribution < 1.29 is 23.8 Å². The zero-order valence-electron chi connectivity index (χ0n) is 18.6. The number of ether oxygens (including phenoxy) is 3. The minimum absolute atomic E-state index is 0.0588. The SMILES string of the molecule is Cc1cccc(OCC(=O)NNC(=S)NC(=O)c2cccc(OCCOc3ccccc3)c2)c1. The summed E-state index contributed by atoms with van der Waals surface area (Å²) in [6, 6.07) is 23.4. The van der Waals surface area contributed by atoms with Crippen LogP contribution >= 0.6 is 12.2 Å². The van der Waals surface area contributed by atoms with E-state index in [0.29, 0.717) is 30.3 Å². The van der Waals surface area contributed by atoms with E-state index in [9.17, 15) is 9.59 Å². The number of thiocarbonyl (C=S) groups is 1. The number of nitrogens with one attached hydrogen (secondary N) is 3. The fourth-order valence-electron chi connectivity index (χ4n) is 2.79. The second-order valence-electron chi connectivity index (χ2n) is 7.10. The normalized spacial score (nSPS) is 10.0. The molecule has 0 bridgehead atoms. The van der Waals surface area contributed by atoms with Crippen molar-refractivity contribution in [2.45, 2.75) is 6.92 Å². The van der Waals surface area contributed by atoms with E-state index in [4.69, 9.17) is 26.4 Å². The minimum Gasteiger partial charge on any atom is -0.490 e. The molecule has 0 unspecified atom stereocenters. The summed E-state index contributed by atoms with van der Waals surface area (Å²) in [6.07, 6.45) is 0. The molecule has 0 fully saturated rings. The monoisotopic (exact) mass is 479 g/mol. The summed E-state index contributed by atoms with van der Waals surface area (Å²) < 4.78 is 16.6. The highest BCUT2D eigenvalue weighted by Gasteiger charge is 2.10. The van der Waals surface area contributed by atoms with Crippen LogP contribution in [-0.4, -0.2) is 36.7 Å². The van der Waals surface area contributed by atoms with Crippen molar-refractivity contribution in [1.82, 2.24) is 16.2 Å². The lowest BCUT2D eigenvalue weighted by atomic mass is 10.2. The van der Waals surface area contributed by atoms with E-state index in [2.05, 4.69) is 16.2 Å². The maximum atomic E-state index is 12.5. The third kappa shape index (κ3) is 8.44. The van der Waals surface area contributed by atoms with Crippen molar-refractivity contribution in [2.75, 3.05) is 19.8 Å². The molecule has 0 aliphatic rings. The van der Waals surface area contributed by atoms with Gasteiger partial charge in [0.15, 0.2) is 11.7 Å². The maximum Gasteiger partial charge on any atom is 0.276 e. The van der Waals surface area contributed by atoms with Crippen LogP contribution in [0.1, 0.15) is 15.9 Å². The molecule has 34 heavy (non-hydrogen) atoms. The Hall–Kier alpha value is -4.11. The van der Waals surface area contributed by atoms with Gasteiger partial charge in [-0.2, -0.15) is 0 Å². The van der Waals surface area contributed by atoms with Crippen molar-refractivity contribution >= 4 is 29.1 Å². The molecular weight excluding hydrogens is 454 g/mol. The molecule has 0 heterocycles. The number of hydrogen-bond donors (Lipinski definition) is 3. The molecule has 176 valence electrons. The Balaban J connectivity index is 1.37. The molecule has 3 aromatic carbocycles. The number of benzene rings is 3. The first kappa shape index (κ1) is 24.5. The first-order valence-corrected chi connectivity index (χ1v) is 10.9. The largest absolute Gasteiger partial charge is 0.490 e.